The van der Waals surface area contributed by atoms with Gasteiger partial charge in [-0.05, 0) is 43.3 Å². The molecule has 0 fully saturated rings. The van der Waals surface area contributed by atoms with Gasteiger partial charge in [0.2, 0.25) is 0 Å². The predicted molar refractivity (Wildman–Crippen MR) is 108 cm³/mol. The molecule has 128 valence electrons. The Kier molecular flexibility index (Phi) is 4.41. The molecule has 0 spiro atoms. The fourth-order valence-electron chi connectivity index (χ4n) is 2.74. The van der Waals surface area contributed by atoms with Gasteiger partial charge < -0.3 is 0 Å². The number of fused-ring (bicyclic) bond motifs is 1. The number of hydrogen-bond donors (Lipinski definition) is 0. The van der Waals surface area contributed by atoms with E-state index in [4.69, 9.17) is 11.6 Å². The summed E-state index contributed by atoms with van der Waals surface area (Å²) in [6.45, 7) is 1.95. The van der Waals surface area contributed by atoms with Crippen molar-refractivity contribution in [3.05, 3.63) is 85.8 Å². The molecular formula is C20H14ClN3OS. The van der Waals surface area contributed by atoms with Gasteiger partial charge in [0.05, 0.1) is 32.3 Å². The molecule has 0 atom stereocenters. The fourth-order valence-corrected chi connectivity index (χ4v) is 3.55. The van der Waals surface area contributed by atoms with E-state index in [2.05, 4.69) is 9.97 Å². The minimum atomic E-state index is -0.155. The highest BCUT2D eigenvalue weighted by molar-refractivity contribution is 7.09. The molecule has 0 N–H and O–H groups in total. The van der Waals surface area contributed by atoms with Crippen molar-refractivity contribution >= 4 is 46.0 Å². The summed E-state index contributed by atoms with van der Waals surface area (Å²) in [6, 6.07) is 14.6. The van der Waals surface area contributed by atoms with Crippen LogP contribution in [0.3, 0.4) is 0 Å². The first-order valence-corrected chi connectivity index (χ1v) is 9.26. The van der Waals surface area contributed by atoms with E-state index in [-0.39, 0.29) is 5.56 Å². The van der Waals surface area contributed by atoms with Crippen LogP contribution in [0.25, 0.3) is 28.7 Å². The number of nitrogens with zero attached hydrogens (tertiary/aromatic N) is 3. The highest BCUT2D eigenvalue weighted by Gasteiger charge is 2.13. The molecule has 4 nitrogen and oxygen atoms in total. The fraction of sp³-hybridized carbons (Fsp3) is 0.0500. The van der Waals surface area contributed by atoms with Crippen molar-refractivity contribution < 1.29 is 0 Å². The van der Waals surface area contributed by atoms with Gasteiger partial charge in [0, 0.05) is 5.38 Å². The Hall–Kier alpha value is -2.76. The van der Waals surface area contributed by atoms with Crippen LogP contribution in [0.5, 0.6) is 0 Å². The van der Waals surface area contributed by atoms with Gasteiger partial charge >= 0.3 is 0 Å². The highest BCUT2D eigenvalue weighted by Crippen LogP contribution is 2.22. The van der Waals surface area contributed by atoms with Crippen molar-refractivity contribution in [1.29, 1.82) is 0 Å². The highest BCUT2D eigenvalue weighted by atomic mass is 35.5. The zero-order valence-electron chi connectivity index (χ0n) is 13.9. The second kappa shape index (κ2) is 6.86. The summed E-state index contributed by atoms with van der Waals surface area (Å²) in [6.07, 6.45) is 3.65. The lowest BCUT2D eigenvalue weighted by molar-refractivity contribution is 0.944. The summed E-state index contributed by atoms with van der Waals surface area (Å²) in [5.41, 5.74) is 1.93. The molecule has 4 rings (SSSR count). The van der Waals surface area contributed by atoms with Crippen molar-refractivity contribution in [2.45, 2.75) is 6.92 Å². The van der Waals surface area contributed by atoms with Crippen LogP contribution in [0.1, 0.15) is 16.5 Å². The van der Waals surface area contributed by atoms with Gasteiger partial charge in [-0.1, -0.05) is 35.9 Å². The van der Waals surface area contributed by atoms with Gasteiger partial charge in [0.15, 0.2) is 0 Å². The lowest BCUT2D eigenvalue weighted by atomic mass is 10.2. The molecule has 0 aliphatic carbocycles. The monoisotopic (exact) mass is 379 g/mol. The minimum absolute atomic E-state index is 0.155. The summed E-state index contributed by atoms with van der Waals surface area (Å²) in [7, 11) is 0. The first-order valence-electron chi connectivity index (χ1n) is 8.00. The van der Waals surface area contributed by atoms with Crippen molar-refractivity contribution in [3.8, 4) is 5.69 Å². The maximum atomic E-state index is 13.1. The van der Waals surface area contributed by atoms with Gasteiger partial charge in [0.1, 0.15) is 5.82 Å². The van der Waals surface area contributed by atoms with Crippen LogP contribution < -0.4 is 5.56 Å². The van der Waals surface area contributed by atoms with Crippen molar-refractivity contribution in [1.82, 2.24) is 14.5 Å². The number of aryl methyl sites for hydroxylation is 1. The van der Waals surface area contributed by atoms with Gasteiger partial charge in [0.25, 0.3) is 5.56 Å². The first-order chi connectivity index (χ1) is 12.6. The Labute approximate surface area is 159 Å². The third-order valence-corrected chi connectivity index (χ3v) is 5.05. The number of hydrogen-bond acceptors (Lipinski definition) is 4. The zero-order valence-corrected chi connectivity index (χ0v) is 15.5. The van der Waals surface area contributed by atoms with E-state index >= 15 is 0 Å². The molecule has 2 aromatic heterocycles. The number of benzene rings is 2. The Bertz CT molecular complexity index is 1190. The van der Waals surface area contributed by atoms with E-state index in [9.17, 15) is 4.79 Å². The summed E-state index contributed by atoms with van der Waals surface area (Å²) in [5, 5.41) is 3.99. The number of halogens is 1. The Morgan fingerprint density at radius 1 is 1.04 bits per heavy atom. The molecule has 0 saturated carbocycles. The molecule has 0 amide bonds. The number of thiazole rings is 1. The van der Waals surface area contributed by atoms with Crippen LogP contribution in [0, 0.1) is 6.92 Å². The number of para-hydroxylation sites is 2. The first kappa shape index (κ1) is 16.7. The van der Waals surface area contributed by atoms with Crippen molar-refractivity contribution in [3.63, 3.8) is 0 Å². The lowest BCUT2D eigenvalue weighted by Crippen LogP contribution is -2.22. The Balaban J connectivity index is 1.98. The molecule has 0 radical (unpaired) electrons. The molecule has 2 aromatic carbocycles. The summed E-state index contributed by atoms with van der Waals surface area (Å²) >= 11 is 7.93. The van der Waals surface area contributed by atoms with Gasteiger partial charge in [-0.25, -0.2) is 9.97 Å². The summed E-state index contributed by atoms with van der Waals surface area (Å²) in [4.78, 5) is 22.2. The molecule has 2 heterocycles. The lowest BCUT2D eigenvalue weighted by Gasteiger charge is -2.12. The van der Waals surface area contributed by atoms with Gasteiger partial charge in [-0.3, -0.25) is 9.36 Å². The van der Waals surface area contributed by atoms with Crippen molar-refractivity contribution in [2.75, 3.05) is 0 Å². The third kappa shape index (κ3) is 3.07. The maximum Gasteiger partial charge on any atom is 0.266 e. The average molecular weight is 380 g/mol. The van der Waals surface area contributed by atoms with Crippen LogP contribution in [-0.2, 0) is 0 Å². The van der Waals surface area contributed by atoms with E-state index in [1.807, 2.05) is 54.8 Å². The standard InChI is InChI=1S/C20H14ClN3OS/c1-13-22-14(12-26-13)10-11-19-23-17-8-4-2-6-15(17)20(25)24(19)18-9-5-3-7-16(18)21/h2-12H,1H3. The largest absolute Gasteiger partial charge is 0.268 e. The van der Waals surface area contributed by atoms with Crippen LogP contribution in [0.4, 0.5) is 0 Å². The number of rotatable bonds is 3. The minimum Gasteiger partial charge on any atom is -0.268 e. The molecule has 26 heavy (non-hydrogen) atoms. The second-order valence-corrected chi connectivity index (χ2v) is 7.17. The molecule has 0 aliphatic heterocycles. The second-order valence-electron chi connectivity index (χ2n) is 5.70. The summed E-state index contributed by atoms with van der Waals surface area (Å²) in [5.74, 6) is 0.507. The molecule has 4 aromatic rings. The van der Waals surface area contributed by atoms with Crippen LogP contribution in [-0.4, -0.2) is 14.5 Å². The molecular weight excluding hydrogens is 366 g/mol. The normalized spacial score (nSPS) is 11.5. The predicted octanol–water partition coefficient (Wildman–Crippen LogP) is 4.97. The van der Waals surface area contributed by atoms with E-state index in [0.717, 1.165) is 10.7 Å². The van der Waals surface area contributed by atoms with Gasteiger partial charge in [-0.2, -0.15) is 0 Å². The Morgan fingerprint density at radius 3 is 2.58 bits per heavy atom. The smallest absolute Gasteiger partial charge is 0.266 e. The SMILES string of the molecule is Cc1nc(C=Cc2nc3ccccc3c(=O)n2-c2ccccc2Cl)cs1. The molecule has 0 unspecified atom stereocenters. The molecule has 0 bridgehead atoms. The van der Waals surface area contributed by atoms with Crippen LogP contribution in [0.15, 0.2) is 58.7 Å². The number of aromatic nitrogens is 3. The third-order valence-electron chi connectivity index (χ3n) is 3.93. The Morgan fingerprint density at radius 2 is 1.81 bits per heavy atom. The van der Waals surface area contributed by atoms with E-state index < -0.39 is 0 Å². The van der Waals surface area contributed by atoms with E-state index in [0.29, 0.717) is 27.4 Å². The average Bonchev–Trinajstić information content (AvgIpc) is 3.06. The van der Waals surface area contributed by atoms with Crippen LogP contribution in [0.2, 0.25) is 5.02 Å². The van der Waals surface area contributed by atoms with E-state index in [1.165, 1.54) is 0 Å². The quantitative estimate of drug-likeness (QED) is 0.504. The molecule has 0 aliphatic rings. The zero-order chi connectivity index (χ0) is 18.1. The topological polar surface area (TPSA) is 47.8 Å². The molecule has 6 heteroatoms. The van der Waals surface area contributed by atoms with Gasteiger partial charge in [-0.15, -0.1) is 11.3 Å². The maximum absolute atomic E-state index is 13.1. The van der Waals surface area contributed by atoms with Crippen LogP contribution >= 0.6 is 22.9 Å². The van der Waals surface area contributed by atoms with Crippen molar-refractivity contribution in [2.24, 2.45) is 0 Å². The van der Waals surface area contributed by atoms with E-state index in [1.54, 1.807) is 34.1 Å². The molecule has 0 saturated heterocycles. The summed E-state index contributed by atoms with van der Waals surface area (Å²) < 4.78 is 1.54.